The summed E-state index contributed by atoms with van der Waals surface area (Å²) in [5.41, 5.74) is 0. The van der Waals surface area contributed by atoms with Crippen LogP contribution in [0.15, 0.2) is 0 Å². The van der Waals surface area contributed by atoms with Gasteiger partial charge in [0.15, 0.2) is 0 Å². The molecule has 1 saturated heterocycles. The summed E-state index contributed by atoms with van der Waals surface area (Å²) in [5, 5.41) is 2.96. The summed E-state index contributed by atoms with van der Waals surface area (Å²) in [4.78, 5) is 27.3. The molecule has 1 aliphatic heterocycles. The summed E-state index contributed by atoms with van der Waals surface area (Å²) in [6.45, 7) is 4.87. The highest BCUT2D eigenvalue weighted by molar-refractivity contribution is 5.80. The van der Waals surface area contributed by atoms with Gasteiger partial charge in [-0.25, -0.2) is 0 Å². The molecule has 0 bridgehead atoms. The van der Waals surface area contributed by atoms with Crippen molar-refractivity contribution in [2.75, 3.05) is 40.3 Å². The van der Waals surface area contributed by atoms with Crippen molar-refractivity contribution >= 4 is 11.8 Å². The quantitative estimate of drug-likeness (QED) is 0.769. The first-order valence-corrected chi connectivity index (χ1v) is 6.74. The summed E-state index contributed by atoms with van der Waals surface area (Å²) in [6, 6.07) is 0. The largest absolute Gasteiger partial charge is 0.355 e. The summed E-state index contributed by atoms with van der Waals surface area (Å²) in [5.74, 6) is 0.412. The smallest absolute Gasteiger partial charge is 0.223 e. The number of carbonyl (C=O) groups excluding carboxylic acids is 2. The number of rotatable bonds is 5. The average molecular weight is 255 g/mol. The SMILES string of the molecule is CCC(=O)N1CCC(C(=O)NCCN(C)C)CC1. The molecule has 0 radical (unpaired) electrons. The van der Waals surface area contributed by atoms with Gasteiger partial charge in [0.1, 0.15) is 0 Å². The van der Waals surface area contributed by atoms with E-state index in [0.29, 0.717) is 13.0 Å². The van der Waals surface area contributed by atoms with E-state index >= 15 is 0 Å². The standard InChI is InChI=1S/C13H25N3O2/c1-4-12(17)16-8-5-11(6-9-16)13(18)14-7-10-15(2)3/h11H,4-10H2,1-3H3,(H,14,18). The lowest BCUT2D eigenvalue weighted by Gasteiger charge is -2.31. The van der Waals surface area contributed by atoms with Crippen molar-refractivity contribution in [1.29, 1.82) is 0 Å². The topological polar surface area (TPSA) is 52.7 Å². The molecular formula is C13H25N3O2. The molecule has 1 fully saturated rings. The Morgan fingerprint density at radius 1 is 1.28 bits per heavy atom. The minimum atomic E-state index is 0.0769. The van der Waals surface area contributed by atoms with Gasteiger partial charge in [0.05, 0.1) is 0 Å². The molecule has 18 heavy (non-hydrogen) atoms. The molecule has 5 nitrogen and oxygen atoms in total. The highest BCUT2D eigenvalue weighted by atomic mass is 16.2. The van der Waals surface area contributed by atoms with Crippen LogP contribution in [-0.2, 0) is 9.59 Å². The summed E-state index contributed by atoms with van der Waals surface area (Å²) >= 11 is 0. The molecule has 0 spiro atoms. The second kappa shape index (κ2) is 7.36. The van der Waals surface area contributed by atoms with Crippen molar-refractivity contribution in [3.63, 3.8) is 0 Å². The predicted molar refractivity (Wildman–Crippen MR) is 71.2 cm³/mol. The zero-order chi connectivity index (χ0) is 13.5. The highest BCUT2D eigenvalue weighted by Gasteiger charge is 2.26. The van der Waals surface area contributed by atoms with Crippen LogP contribution in [0.5, 0.6) is 0 Å². The van der Waals surface area contributed by atoms with Crippen LogP contribution in [0.25, 0.3) is 0 Å². The zero-order valence-electron chi connectivity index (χ0n) is 11.7. The van der Waals surface area contributed by atoms with Crippen molar-refractivity contribution in [1.82, 2.24) is 15.1 Å². The van der Waals surface area contributed by atoms with Gasteiger partial charge in [0.2, 0.25) is 11.8 Å². The zero-order valence-corrected chi connectivity index (χ0v) is 11.7. The van der Waals surface area contributed by atoms with Gasteiger partial charge in [-0.2, -0.15) is 0 Å². The van der Waals surface area contributed by atoms with Gasteiger partial charge < -0.3 is 15.1 Å². The molecule has 0 aromatic heterocycles. The lowest BCUT2D eigenvalue weighted by Crippen LogP contribution is -2.43. The predicted octanol–water partition coefficient (Wildman–Crippen LogP) is 0.313. The van der Waals surface area contributed by atoms with Crippen LogP contribution >= 0.6 is 0 Å². The first-order valence-electron chi connectivity index (χ1n) is 6.74. The second-order valence-electron chi connectivity index (χ2n) is 5.10. The Kier molecular flexibility index (Phi) is 6.12. The van der Waals surface area contributed by atoms with Crippen LogP contribution in [0.2, 0.25) is 0 Å². The maximum Gasteiger partial charge on any atom is 0.223 e. The Labute approximate surface area is 110 Å². The van der Waals surface area contributed by atoms with E-state index in [4.69, 9.17) is 0 Å². The van der Waals surface area contributed by atoms with Crippen molar-refractivity contribution in [2.24, 2.45) is 5.92 Å². The first kappa shape index (κ1) is 15.0. The molecule has 0 atom stereocenters. The van der Waals surface area contributed by atoms with E-state index in [1.165, 1.54) is 0 Å². The van der Waals surface area contributed by atoms with E-state index in [9.17, 15) is 9.59 Å². The first-order chi connectivity index (χ1) is 8.54. The average Bonchev–Trinajstić information content (AvgIpc) is 2.37. The monoisotopic (exact) mass is 255 g/mol. The van der Waals surface area contributed by atoms with Crippen LogP contribution < -0.4 is 5.32 Å². The number of hydrogen-bond acceptors (Lipinski definition) is 3. The summed E-state index contributed by atoms with van der Waals surface area (Å²) < 4.78 is 0. The van der Waals surface area contributed by atoms with Crippen molar-refractivity contribution in [3.8, 4) is 0 Å². The number of carbonyl (C=O) groups is 2. The normalized spacial score (nSPS) is 17.0. The van der Waals surface area contributed by atoms with Crippen LogP contribution in [0.4, 0.5) is 0 Å². The molecule has 1 N–H and O–H groups in total. The minimum absolute atomic E-state index is 0.0769. The number of amides is 2. The van der Waals surface area contributed by atoms with Crippen molar-refractivity contribution in [2.45, 2.75) is 26.2 Å². The Morgan fingerprint density at radius 2 is 1.89 bits per heavy atom. The van der Waals surface area contributed by atoms with Gasteiger partial charge in [0.25, 0.3) is 0 Å². The number of likely N-dealkylation sites (tertiary alicyclic amines) is 1. The van der Waals surface area contributed by atoms with E-state index in [1.54, 1.807) is 0 Å². The number of nitrogens with zero attached hydrogens (tertiary/aromatic N) is 2. The molecule has 1 aliphatic rings. The van der Waals surface area contributed by atoms with Gasteiger partial charge in [-0.05, 0) is 26.9 Å². The third kappa shape index (κ3) is 4.64. The van der Waals surface area contributed by atoms with Gasteiger partial charge in [-0.3, -0.25) is 9.59 Å². The third-order valence-corrected chi connectivity index (χ3v) is 3.38. The maximum atomic E-state index is 11.9. The van der Waals surface area contributed by atoms with Crippen LogP contribution in [0.1, 0.15) is 26.2 Å². The molecule has 1 rings (SSSR count). The van der Waals surface area contributed by atoms with Crippen molar-refractivity contribution < 1.29 is 9.59 Å². The molecule has 0 aromatic carbocycles. The molecule has 0 saturated carbocycles. The lowest BCUT2D eigenvalue weighted by molar-refractivity contribution is -0.135. The number of likely N-dealkylation sites (N-methyl/N-ethyl adjacent to an activating group) is 1. The van der Waals surface area contributed by atoms with Crippen LogP contribution in [-0.4, -0.2) is 61.9 Å². The third-order valence-electron chi connectivity index (χ3n) is 3.38. The highest BCUT2D eigenvalue weighted by Crippen LogP contribution is 2.17. The molecule has 1 heterocycles. The fourth-order valence-corrected chi connectivity index (χ4v) is 2.16. The number of nitrogens with one attached hydrogen (secondary N) is 1. The van der Waals surface area contributed by atoms with Crippen molar-refractivity contribution in [3.05, 3.63) is 0 Å². The molecule has 0 aromatic rings. The molecule has 0 unspecified atom stereocenters. The number of hydrogen-bond donors (Lipinski definition) is 1. The van der Waals surface area contributed by atoms with Crippen LogP contribution in [0.3, 0.4) is 0 Å². The molecule has 2 amide bonds. The van der Waals surface area contributed by atoms with Crippen LogP contribution in [0, 0.1) is 5.92 Å². The second-order valence-corrected chi connectivity index (χ2v) is 5.10. The van der Waals surface area contributed by atoms with E-state index in [2.05, 4.69) is 5.32 Å². The van der Waals surface area contributed by atoms with E-state index < -0.39 is 0 Å². The summed E-state index contributed by atoms with van der Waals surface area (Å²) in [6.07, 6.45) is 2.14. The van der Waals surface area contributed by atoms with E-state index in [1.807, 2.05) is 30.8 Å². The van der Waals surface area contributed by atoms with Gasteiger partial charge in [-0.15, -0.1) is 0 Å². The van der Waals surface area contributed by atoms with Gasteiger partial charge in [-0.1, -0.05) is 6.92 Å². The minimum Gasteiger partial charge on any atom is -0.355 e. The Balaban J connectivity index is 2.25. The van der Waals surface area contributed by atoms with E-state index in [-0.39, 0.29) is 17.7 Å². The molecular weight excluding hydrogens is 230 g/mol. The lowest BCUT2D eigenvalue weighted by atomic mass is 9.95. The fourth-order valence-electron chi connectivity index (χ4n) is 2.16. The number of piperidine rings is 1. The Bertz CT molecular complexity index is 284. The van der Waals surface area contributed by atoms with Gasteiger partial charge >= 0.3 is 0 Å². The molecule has 104 valence electrons. The Hall–Kier alpha value is -1.10. The fraction of sp³-hybridized carbons (Fsp3) is 0.846. The molecule has 5 heteroatoms. The molecule has 0 aliphatic carbocycles. The van der Waals surface area contributed by atoms with E-state index in [0.717, 1.165) is 32.5 Å². The summed E-state index contributed by atoms with van der Waals surface area (Å²) in [7, 11) is 3.97. The Morgan fingerprint density at radius 3 is 2.39 bits per heavy atom. The maximum absolute atomic E-state index is 11.9. The van der Waals surface area contributed by atoms with Gasteiger partial charge in [0, 0.05) is 38.5 Å².